The molecule has 2 heterocycles. The normalized spacial score (nSPS) is 19.0. The molecule has 6 nitrogen and oxygen atoms in total. The molecule has 0 amide bonds. The van der Waals surface area contributed by atoms with Crippen LogP contribution < -0.4 is 16.0 Å². The molecule has 0 spiro atoms. The van der Waals surface area contributed by atoms with E-state index in [9.17, 15) is 4.39 Å². The third-order valence-corrected chi connectivity index (χ3v) is 4.76. The molecule has 1 atom stereocenters. The molecule has 1 unspecified atom stereocenters. The molecular formula is C19H21Cl2FN6. The Morgan fingerprint density at radius 1 is 1.11 bits per heavy atom. The second-order valence-electron chi connectivity index (χ2n) is 6.47. The summed E-state index contributed by atoms with van der Waals surface area (Å²) in [6, 6.07) is 13.7. The van der Waals surface area contributed by atoms with Crippen molar-refractivity contribution >= 4 is 47.3 Å². The van der Waals surface area contributed by atoms with Gasteiger partial charge < -0.3 is 16.0 Å². The summed E-state index contributed by atoms with van der Waals surface area (Å²) in [5, 5.41) is 3.93. The SMILES string of the molecule is Cl.NC1=NC(Nc2cccc(Cl)c2)N(c2cccc(F)c2)C(N2CCCC2)=N1. The fourth-order valence-corrected chi connectivity index (χ4v) is 3.51. The van der Waals surface area contributed by atoms with Crippen molar-refractivity contribution in [3.8, 4) is 0 Å². The van der Waals surface area contributed by atoms with Crippen molar-refractivity contribution < 1.29 is 4.39 Å². The third-order valence-electron chi connectivity index (χ3n) is 4.52. The van der Waals surface area contributed by atoms with E-state index in [4.69, 9.17) is 17.3 Å². The van der Waals surface area contributed by atoms with Crippen LogP contribution in [0.2, 0.25) is 5.02 Å². The van der Waals surface area contributed by atoms with Gasteiger partial charge in [-0.2, -0.15) is 4.99 Å². The van der Waals surface area contributed by atoms with E-state index in [0.29, 0.717) is 16.7 Å². The Bertz CT molecular complexity index is 897. The number of nitrogens with one attached hydrogen (secondary N) is 1. The summed E-state index contributed by atoms with van der Waals surface area (Å²) in [4.78, 5) is 12.9. The van der Waals surface area contributed by atoms with Gasteiger partial charge in [0.1, 0.15) is 5.82 Å². The lowest BCUT2D eigenvalue weighted by molar-refractivity contribution is 0.497. The lowest BCUT2D eigenvalue weighted by Crippen LogP contribution is -2.54. The Kier molecular flexibility index (Phi) is 6.26. The summed E-state index contributed by atoms with van der Waals surface area (Å²) in [5.41, 5.74) is 7.44. The smallest absolute Gasteiger partial charge is 0.222 e. The number of rotatable bonds is 3. The topological polar surface area (TPSA) is 69.2 Å². The first-order valence-corrected chi connectivity index (χ1v) is 9.22. The molecule has 4 rings (SSSR count). The fraction of sp³-hybridized carbons (Fsp3) is 0.263. The maximum atomic E-state index is 13.9. The molecule has 0 aliphatic carbocycles. The van der Waals surface area contributed by atoms with Crippen molar-refractivity contribution in [3.05, 3.63) is 59.4 Å². The Balaban J connectivity index is 0.00000225. The van der Waals surface area contributed by atoms with E-state index in [1.165, 1.54) is 12.1 Å². The molecule has 1 fully saturated rings. The van der Waals surface area contributed by atoms with Crippen molar-refractivity contribution in [1.82, 2.24) is 4.90 Å². The van der Waals surface area contributed by atoms with Gasteiger partial charge in [-0.1, -0.05) is 23.7 Å². The van der Waals surface area contributed by atoms with E-state index in [2.05, 4.69) is 20.2 Å². The van der Waals surface area contributed by atoms with Crippen LogP contribution in [0, 0.1) is 5.82 Å². The van der Waals surface area contributed by atoms with Gasteiger partial charge in [0.2, 0.25) is 18.2 Å². The summed E-state index contributed by atoms with van der Waals surface area (Å²) in [5.74, 6) is 0.534. The largest absolute Gasteiger partial charge is 0.368 e. The highest BCUT2D eigenvalue weighted by atomic mass is 35.5. The minimum absolute atomic E-state index is 0. The molecule has 2 aromatic rings. The number of nitrogens with zero attached hydrogens (tertiary/aromatic N) is 4. The number of nitrogens with two attached hydrogens (primary N) is 1. The van der Waals surface area contributed by atoms with Crippen LogP contribution in [0.1, 0.15) is 12.8 Å². The first kappa shape index (κ1) is 20.2. The van der Waals surface area contributed by atoms with Crippen molar-refractivity contribution in [3.63, 3.8) is 0 Å². The summed E-state index contributed by atoms with van der Waals surface area (Å²) in [7, 11) is 0. The number of aliphatic imine (C=N–C) groups is 2. The Morgan fingerprint density at radius 3 is 2.57 bits per heavy atom. The van der Waals surface area contributed by atoms with Gasteiger partial charge >= 0.3 is 0 Å². The van der Waals surface area contributed by atoms with E-state index in [0.717, 1.165) is 31.6 Å². The van der Waals surface area contributed by atoms with Crippen LogP contribution >= 0.6 is 24.0 Å². The van der Waals surface area contributed by atoms with Crippen LogP contribution in [0.4, 0.5) is 15.8 Å². The first-order valence-electron chi connectivity index (χ1n) is 8.84. The van der Waals surface area contributed by atoms with E-state index >= 15 is 0 Å². The lowest BCUT2D eigenvalue weighted by Gasteiger charge is -2.38. The number of hydrogen-bond donors (Lipinski definition) is 2. The molecule has 148 valence electrons. The molecule has 0 saturated carbocycles. The van der Waals surface area contributed by atoms with Crippen LogP contribution in [0.15, 0.2) is 58.5 Å². The van der Waals surface area contributed by atoms with Crippen LogP contribution in [-0.2, 0) is 0 Å². The maximum Gasteiger partial charge on any atom is 0.222 e. The molecule has 9 heteroatoms. The Morgan fingerprint density at radius 2 is 1.86 bits per heavy atom. The van der Waals surface area contributed by atoms with Gasteiger partial charge in [-0.3, -0.25) is 4.90 Å². The van der Waals surface area contributed by atoms with Gasteiger partial charge in [-0.05, 0) is 49.2 Å². The highest BCUT2D eigenvalue weighted by Gasteiger charge is 2.32. The highest BCUT2D eigenvalue weighted by molar-refractivity contribution is 6.30. The Labute approximate surface area is 174 Å². The number of guanidine groups is 2. The summed E-state index contributed by atoms with van der Waals surface area (Å²) < 4.78 is 13.9. The number of anilines is 2. The quantitative estimate of drug-likeness (QED) is 0.786. The van der Waals surface area contributed by atoms with Gasteiger partial charge in [-0.15, -0.1) is 12.4 Å². The van der Waals surface area contributed by atoms with Crippen molar-refractivity contribution in [1.29, 1.82) is 0 Å². The average molecular weight is 423 g/mol. The number of halogens is 3. The monoisotopic (exact) mass is 422 g/mol. The zero-order valence-corrected chi connectivity index (χ0v) is 16.6. The lowest BCUT2D eigenvalue weighted by atomic mass is 10.2. The summed E-state index contributed by atoms with van der Waals surface area (Å²) in [6.45, 7) is 1.75. The van der Waals surface area contributed by atoms with Crippen LogP contribution in [0.25, 0.3) is 0 Å². The van der Waals surface area contributed by atoms with Gasteiger partial charge in [0, 0.05) is 23.8 Å². The van der Waals surface area contributed by atoms with E-state index < -0.39 is 6.29 Å². The van der Waals surface area contributed by atoms with E-state index in [1.54, 1.807) is 18.2 Å². The van der Waals surface area contributed by atoms with Gasteiger partial charge in [0.15, 0.2) is 0 Å². The Hall–Kier alpha value is -2.51. The minimum atomic E-state index is -0.571. The third kappa shape index (κ3) is 4.31. The van der Waals surface area contributed by atoms with Gasteiger partial charge in [-0.25, -0.2) is 9.38 Å². The van der Waals surface area contributed by atoms with Gasteiger partial charge in [0.05, 0.1) is 5.69 Å². The first-order chi connectivity index (χ1) is 13.1. The molecule has 0 aromatic heterocycles. The molecule has 2 aliphatic rings. The van der Waals surface area contributed by atoms with Gasteiger partial charge in [0.25, 0.3) is 0 Å². The van der Waals surface area contributed by atoms with E-state index in [1.807, 2.05) is 23.1 Å². The molecule has 3 N–H and O–H groups in total. The fourth-order valence-electron chi connectivity index (χ4n) is 3.32. The highest BCUT2D eigenvalue weighted by Crippen LogP contribution is 2.26. The molecule has 2 aliphatic heterocycles. The maximum absolute atomic E-state index is 13.9. The van der Waals surface area contributed by atoms with Crippen molar-refractivity contribution in [2.24, 2.45) is 15.7 Å². The average Bonchev–Trinajstić information content (AvgIpc) is 3.16. The second kappa shape index (κ2) is 8.67. The summed E-state index contributed by atoms with van der Waals surface area (Å²) in [6.07, 6.45) is 1.59. The molecule has 0 radical (unpaired) electrons. The van der Waals surface area contributed by atoms with E-state index in [-0.39, 0.29) is 24.2 Å². The van der Waals surface area contributed by atoms with Crippen LogP contribution in [-0.4, -0.2) is 36.2 Å². The number of benzene rings is 2. The molecule has 2 aromatic carbocycles. The predicted molar refractivity (Wildman–Crippen MR) is 115 cm³/mol. The second-order valence-corrected chi connectivity index (χ2v) is 6.91. The molecular weight excluding hydrogens is 402 g/mol. The van der Waals surface area contributed by atoms with Crippen molar-refractivity contribution in [2.75, 3.05) is 23.3 Å². The van der Waals surface area contributed by atoms with Crippen molar-refractivity contribution in [2.45, 2.75) is 19.1 Å². The molecule has 0 bridgehead atoms. The zero-order valence-electron chi connectivity index (χ0n) is 15.1. The summed E-state index contributed by atoms with van der Waals surface area (Å²) >= 11 is 6.10. The standard InChI is InChI=1S/C19H20ClFN6.ClH/c20-13-5-3-7-15(11-13)23-18-24-17(22)25-19(26-9-1-2-10-26)27(18)16-8-4-6-14(21)12-16;/h3-8,11-12,18,23H,1-2,9-10H2,(H2,22,24);1H. The number of hydrogen-bond acceptors (Lipinski definition) is 6. The minimum Gasteiger partial charge on any atom is -0.368 e. The van der Waals surface area contributed by atoms with Crippen LogP contribution in [0.3, 0.4) is 0 Å². The zero-order chi connectivity index (χ0) is 18.8. The van der Waals surface area contributed by atoms with Crippen LogP contribution in [0.5, 0.6) is 0 Å². The molecule has 28 heavy (non-hydrogen) atoms. The molecule has 1 saturated heterocycles. The number of likely N-dealkylation sites (tertiary alicyclic amines) is 1. The predicted octanol–water partition coefficient (Wildman–Crippen LogP) is 3.88.